The molecule has 3 fully saturated rings. The molecule has 0 spiro atoms. The largest absolute Gasteiger partial charge is 0.483 e. The molecule has 4 heterocycles. The molecule has 3 aliphatic heterocycles. The summed E-state index contributed by atoms with van der Waals surface area (Å²) >= 11 is 0. The van der Waals surface area contributed by atoms with Crippen LogP contribution in [0.2, 0.25) is 0 Å². The van der Waals surface area contributed by atoms with Crippen molar-refractivity contribution >= 4 is 46.5 Å². The van der Waals surface area contributed by atoms with Gasteiger partial charge in [-0.2, -0.15) is 0 Å². The summed E-state index contributed by atoms with van der Waals surface area (Å²) in [5.41, 5.74) is 0.361. The standard InChI is InChI=1S/C31H37N5O9/c1-2-44-31(43)35-13-11-34(12-14-35)30(42)24(9-10-28(39)40)33-29(41)25-17-26(22-5-3-4-6-23(22)32-25)45-18-27(38)36-19-7-8-20(36)16-21(37)15-19/h3-6,17,19-20,24H,2,7-16,18H2,1H3,(H,33,41)(H,39,40)/t19-,20+,24?. The van der Waals surface area contributed by atoms with Crippen molar-refractivity contribution in [3.05, 3.63) is 36.0 Å². The molecule has 1 aromatic carbocycles. The van der Waals surface area contributed by atoms with Crippen molar-refractivity contribution in [3.63, 3.8) is 0 Å². The average Bonchev–Trinajstić information content (AvgIpc) is 3.31. The van der Waals surface area contributed by atoms with E-state index in [9.17, 15) is 33.9 Å². The van der Waals surface area contributed by atoms with Gasteiger partial charge in [0.1, 0.15) is 23.3 Å². The van der Waals surface area contributed by atoms with Crippen LogP contribution < -0.4 is 10.1 Å². The van der Waals surface area contributed by atoms with Gasteiger partial charge in [0.2, 0.25) is 5.91 Å². The molecule has 14 heteroatoms. The molecule has 3 saturated heterocycles. The van der Waals surface area contributed by atoms with Crippen LogP contribution in [0.15, 0.2) is 30.3 Å². The zero-order valence-corrected chi connectivity index (χ0v) is 25.1. The van der Waals surface area contributed by atoms with E-state index in [1.807, 2.05) is 0 Å². The minimum absolute atomic E-state index is 0.0694. The van der Waals surface area contributed by atoms with Gasteiger partial charge >= 0.3 is 12.1 Å². The van der Waals surface area contributed by atoms with Gasteiger partial charge in [0, 0.05) is 69.0 Å². The number of carbonyl (C=O) groups excluding carboxylic acids is 5. The lowest BCUT2D eigenvalue weighted by Gasteiger charge is -2.35. The Kier molecular flexibility index (Phi) is 9.79. The number of benzene rings is 1. The molecular formula is C31H37N5O9. The van der Waals surface area contributed by atoms with Crippen molar-refractivity contribution in [1.82, 2.24) is 25.0 Å². The molecule has 0 saturated carbocycles. The van der Waals surface area contributed by atoms with E-state index in [4.69, 9.17) is 9.47 Å². The van der Waals surface area contributed by atoms with Gasteiger partial charge in [-0.15, -0.1) is 0 Å². The van der Waals surface area contributed by atoms with Gasteiger partial charge in [0.15, 0.2) is 6.61 Å². The lowest BCUT2D eigenvalue weighted by molar-refractivity contribution is -0.141. The van der Waals surface area contributed by atoms with E-state index in [0.717, 1.165) is 12.8 Å². The lowest BCUT2D eigenvalue weighted by Crippen LogP contribution is -2.56. The van der Waals surface area contributed by atoms with Crippen LogP contribution in [0.3, 0.4) is 0 Å². The number of amides is 4. The number of hydrogen-bond acceptors (Lipinski definition) is 9. The van der Waals surface area contributed by atoms with Gasteiger partial charge in [-0.05, 0) is 38.3 Å². The van der Waals surface area contributed by atoms with Gasteiger partial charge in [-0.3, -0.25) is 24.0 Å². The first-order valence-corrected chi connectivity index (χ1v) is 15.2. The second-order valence-electron chi connectivity index (χ2n) is 11.4. The number of pyridine rings is 1. The number of carboxylic acids is 1. The Balaban J connectivity index is 1.29. The number of ether oxygens (including phenoxy) is 2. The number of nitrogens with zero attached hydrogens (tertiary/aromatic N) is 4. The highest BCUT2D eigenvalue weighted by atomic mass is 16.6. The number of piperazine rings is 1. The summed E-state index contributed by atoms with van der Waals surface area (Å²) < 4.78 is 11.0. The third-order valence-corrected chi connectivity index (χ3v) is 8.46. The minimum Gasteiger partial charge on any atom is -0.483 e. The maximum Gasteiger partial charge on any atom is 0.409 e. The molecule has 14 nitrogen and oxygen atoms in total. The smallest absolute Gasteiger partial charge is 0.409 e. The summed E-state index contributed by atoms with van der Waals surface area (Å²) in [5.74, 6) is -2.11. The van der Waals surface area contributed by atoms with Crippen LogP contribution in [-0.2, 0) is 23.9 Å². The molecule has 4 amide bonds. The number of nitrogens with one attached hydrogen (secondary N) is 1. The van der Waals surface area contributed by atoms with Gasteiger partial charge in [-0.25, -0.2) is 9.78 Å². The first-order chi connectivity index (χ1) is 21.6. The summed E-state index contributed by atoms with van der Waals surface area (Å²) in [6, 6.07) is 6.97. The molecule has 2 N–H and O–H groups in total. The molecule has 5 rings (SSSR count). The molecule has 0 radical (unpaired) electrons. The highest BCUT2D eigenvalue weighted by Gasteiger charge is 2.42. The number of fused-ring (bicyclic) bond motifs is 3. The predicted molar refractivity (Wildman–Crippen MR) is 158 cm³/mol. The van der Waals surface area contributed by atoms with Crippen LogP contribution in [0.5, 0.6) is 5.75 Å². The van der Waals surface area contributed by atoms with Crippen molar-refractivity contribution in [1.29, 1.82) is 0 Å². The first kappa shape index (κ1) is 31.7. The maximum atomic E-state index is 13.5. The van der Waals surface area contributed by atoms with Crippen LogP contribution >= 0.6 is 0 Å². The van der Waals surface area contributed by atoms with Crippen molar-refractivity contribution < 1.29 is 43.3 Å². The molecular weight excluding hydrogens is 586 g/mol. The summed E-state index contributed by atoms with van der Waals surface area (Å²) in [7, 11) is 0. The number of aliphatic carboxylic acids is 1. The SMILES string of the molecule is CCOC(=O)N1CCN(C(=O)C(CCC(=O)O)NC(=O)c2cc(OCC(=O)N3[C@@H]4CC[C@H]3CC(=O)C4)c3ccccc3n2)CC1. The van der Waals surface area contributed by atoms with Crippen molar-refractivity contribution in [2.24, 2.45) is 0 Å². The van der Waals surface area contributed by atoms with E-state index in [0.29, 0.717) is 23.7 Å². The van der Waals surface area contributed by atoms with Gasteiger partial charge in [0.05, 0.1) is 12.1 Å². The van der Waals surface area contributed by atoms with Gasteiger partial charge in [-0.1, -0.05) is 12.1 Å². The zero-order valence-electron chi connectivity index (χ0n) is 25.1. The zero-order chi connectivity index (χ0) is 32.1. The normalized spacial score (nSPS) is 20.1. The van der Waals surface area contributed by atoms with E-state index in [1.54, 1.807) is 36.1 Å². The van der Waals surface area contributed by atoms with E-state index in [1.165, 1.54) is 15.9 Å². The number of aromatic nitrogens is 1. The van der Waals surface area contributed by atoms with Gasteiger partial charge in [0.25, 0.3) is 11.8 Å². The number of hydrogen-bond donors (Lipinski definition) is 2. The molecule has 0 aliphatic carbocycles. The van der Waals surface area contributed by atoms with Gasteiger partial charge < -0.3 is 34.6 Å². The number of piperidine rings is 1. The molecule has 45 heavy (non-hydrogen) atoms. The summed E-state index contributed by atoms with van der Waals surface area (Å²) in [6.07, 6.45) is 1.30. The number of rotatable bonds is 10. The number of ketones is 1. The topological polar surface area (TPSA) is 176 Å². The Morgan fingerprint density at radius 2 is 1.69 bits per heavy atom. The second kappa shape index (κ2) is 13.9. The van der Waals surface area contributed by atoms with E-state index in [-0.39, 0.29) is 87.5 Å². The molecule has 240 valence electrons. The first-order valence-electron chi connectivity index (χ1n) is 15.2. The number of carboxylic acid groups (broad SMARTS) is 1. The Morgan fingerprint density at radius 3 is 2.36 bits per heavy atom. The van der Waals surface area contributed by atoms with Crippen molar-refractivity contribution in [3.8, 4) is 5.75 Å². The van der Waals surface area contributed by atoms with E-state index >= 15 is 0 Å². The number of carbonyl (C=O) groups is 6. The fraction of sp³-hybridized carbons (Fsp3) is 0.516. The molecule has 2 bridgehead atoms. The highest BCUT2D eigenvalue weighted by molar-refractivity contribution is 5.99. The fourth-order valence-electron chi connectivity index (χ4n) is 6.27. The number of Topliss-reactive ketones (excluding diaryl/α,β-unsaturated/α-hetero) is 1. The van der Waals surface area contributed by atoms with Crippen LogP contribution in [-0.4, -0.2) is 118 Å². The maximum absolute atomic E-state index is 13.5. The molecule has 3 aliphatic rings. The van der Waals surface area contributed by atoms with E-state index < -0.39 is 29.9 Å². The Bertz CT molecular complexity index is 1470. The number of para-hydroxylation sites is 1. The molecule has 3 atom stereocenters. The Morgan fingerprint density at radius 1 is 1.02 bits per heavy atom. The third kappa shape index (κ3) is 7.32. The molecule has 2 aromatic rings. The minimum atomic E-state index is -1.15. The summed E-state index contributed by atoms with van der Waals surface area (Å²) in [4.78, 5) is 84.6. The summed E-state index contributed by atoms with van der Waals surface area (Å²) in [5, 5.41) is 12.5. The highest BCUT2D eigenvalue weighted by Crippen LogP contribution is 2.34. The van der Waals surface area contributed by atoms with E-state index in [2.05, 4.69) is 10.3 Å². The van der Waals surface area contributed by atoms with Crippen LogP contribution in [0.25, 0.3) is 10.9 Å². The monoisotopic (exact) mass is 623 g/mol. The quantitative estimate of drug-likeness (QED) is 0.395. The average molecular weight is 624 g/mol. The lowest BCUT2D eigenvalue weighted by atomic mass is 10.0. The van der Waals surface area contributed by atoms with Crippen LogP contribution in [0.4, 0.5) is 4.79 Å². The summed E-state index contributed by atoms with van der Waals surface area (Å²) in [6.45, 7) is 2.53. The van der Waals surface area contributed by atoms with Crippen LogP contribution in [0.1, 0.15) is 55.9 Å². The van der Waals surface area contributed by atoms with Crippen molar-refractivity contribution in [2.75, 3.05) is 39.4 Å². The molecule has 1 aromatic heterocycles. The second-order valence-corrected chi connectivity index (χ2v) is 11.4. The Hall–Kier alpha value is -4.75. The van der Waals surface area contributed by atoms with Crippen molar-refractivity contribution in [2.45, 2.75) is 63.6 Å². The Labute approximate surface area is 259 Å². The fourth-order valence-corrected chi connectivity index (χ4v) is 6.27. The predicted octanol–water partition coefficient (Wildman–Crippen LogP) is 1.60. The third-order valence-electron chi connectivity index (χ3n) is 8.46. The van der Waals surface area contributed by atoms with Crippen LogP contribution in [0, 0.1) is 0 Å². The molecule has 1 unspecified atom stereocenters.